The summed E-state index contributed by atoms with van der Waals surface area (Å²) in [7, 11) is 0. The smallest absolute Gasteiger partial charge is 0.270 e. The Morgan fingerprint density at radius 2 is 2.35 bits per heavy atom. The van der Waals surface area contributed by atoms with Crippen LogP contribution in [0.25, 0.3) is 0 Å². The molecule has 6 heteroatoms. The molecule has 1 N–H and O–H groups in total. The Hall–Kier alpha value is -1.95. The van der Waals surface area contributed by atoms with E-state index in [4.69, 9.17) is 0 Å². The van der Waals surface area contributed by atoms with Crippen molar-refractivity contribution in [3.63, 3.8) is 0 Å². The van der Waals surface area contributed by atoms with E-state index >= 15 is 0 Å². The molecule has 122 valence electrons. The van der Waals surface area contributed by atoms with Crippen LogP contribution in [0.5, 0.6) is 0 Å². The number of nitrogens with zero attached hydrogens (tertiary/aromatic N) is 3. The highest BCUT2D eigenvalue weighted by Gasteiger charge is 2.21. The molecule has 1 unspecified atom stereocenters. The SMILES string of the molecule is Cc1cc(N2CCCC(CNC(=O)c3csc(C)n3)C2)ccn1. The van der Waals surface area contributed by atoms with Crippen LogP contribution in [0.1, 0.15) is 34.0 Å². The van der Waals surface area contributed by atoms with Crippen molar-refractivity contribution in [3.8, 4) is 0 Å². The largest absolute Gasteiger partial charge is 0.371 e. The number of hydrogen-bond donors (Lipinski definition) is 1. The number of pyridine rings is 1. The number of hydrogen-bond acceptors (Lipinski definition) is 5. The molecule has 1 fully saturated rings. The minimum Gasteiger partial charge on any atom is -0.371 e. The summed E-state index contributed by atoms with van der Waals surface area (Å²) in [5.41, 5.74) is 2.80. The van der Waals surface area contributed by atoms with Crippen LogP contribution in [0.15, 0.2) is 23.7 Å². The molecule has 0 bridgehead atoms. The molecule has 1 amide bonds. The molecule has 0 aliphatic carbocycles. The zero-order valence-corrected chi connectivity index (χ0v) is 14.4. The van der Waals surface area contributed by atoms with Crippen LogP contribution in [0, 0.1) is 19.8 Å². The molecule has 3 heterocycles. The number of rotatable bonds is 4. The Kier molecular flexibility index (Phi) is 4.91. The second-order valence-electron chi connectivity index (χ2n) is 6.07. The first-order valence-electron chi connectivity index (χ1n) is 8.00. The average Bonchev–Trinajstić information content (AvgIpc) is 2.99. The molecule has 1 aliphatic heterocycles. The Labute approximate surface area is 140 Å². The number of nitrogens with one attached hydrogen (secondary N) is 1. The van der Waals surface area contributed by atoms with Gasteiger partial charge >= 0.3 is 0 Å². The maximum atomic E-state index is 12.1. The lowest BCUT2D eigenvalue weighted by Gasteiger charge is -2.34. The zero-order valence-electron chi connectivity index (χ0n) is 13.6. The van der Waals surface area contributed by atoms with Gasteiger partial charge in [0.1, 0.15) is 5.69 Å². The van der Waals surface area contributed by atoms with E-state index < -0.39 is 0 Å². The van der Waals surface area contributed by atoms with Gasteiger partial charge in [-0.15, -0.1) is 11.3 Å². The van der Waals surface area contributed by atoms with Gasteiger partial charge in [0, 0.05) is 42.6 Å². The van der Waals surface area contributed by atoms with Crippen LogP contribution in [0.3, 0.4) is 0 Å². The standard InChI is InChI=1S/C17H22N4OS/c1-12-8-15(5-6-18-12)21-7-3-4-14(10-21)9-19-17(22)16-11-23-13(2)20-16/h5-6,8,11,14H,3-4,7,9-10H2,1-2H3,(H,19,22). The lowest BCUT2D eigenvalue weighted by molar-refractivity contribution is 0.0941. The number of anilines is 1. The highest BCUT2D eigenvalue weighted by molar-refractivity contribution is 7.09. The molecule has 23 heavy (non-hydrogen) atoms. The van der Waals surface area contributed by atoms with E-state index in [1.54, 1.807) is 0 Å². The summed E-state index contributed by atoms with van der Waals surface area (Å²) >= 11 is 1.51. The molecule has 0 radical (unpaired) electrons. The van der Waals surface area contributed by atoms with Crippen molar-refractivity contribution >= 4 is 22.9 Å². The molecule has 0 saturated carbocycles. The Morgan fingerprint density at radius 1 is 1.48 bits per heavy atom. The second-order valence-corrected chi connectivity index (χ2v) is 7.13. The van der Waals surface area contributed by atoms with Gasteiger partial charge in [-0.3, -0.25) is 9.78 Å². The number of aromatic nitrogens is 2. The molecule has 1 atom stereocenters. The van der Waals surface area contributed by atoms with Gasteiger partial charge in [-0.25, -0.2) is 4.98 Å². The summed E-state index contributed by atoms with van der Waals surface area (Å²) in [5.74, 6) is 0.409. The van der Waals surface area contributed by atoms with Crippen molar-refractivity contribution in [2.24, 2.45) is 5.92 Å². The van der Waals surface area contributed by atoms with Crippen molar-refractivity contribution < 1.29 is 4.79 Å². The molecule has 0 aromatic carbocycles. The van der Waals surface area contributed by atoms with Gasteiger partial charge in [0.15, 0.2) is 0 Å². The molecule has 5 nitrogen and oxygen atoms in total. The second kappa shape index (κ2) is 7.08. The van der Waals surface area contributed by atoms with Crippen LogP contribution < -0.4 is 10.2 Å². The van der Waals surface area contributed by atoms with Crippen LogP contribution in [0.2, 0.25) is 0 Å². The topological polar surface area (TPSA) is 58.1 Å². The van der Waals surface area contributed by atoms with Gasteiger partial charge in [-0.2, -0.15) is 0 Å². The lowest BCUT2D eigenvalue weighted by Crippen LogP contribution is -2.41. The fraction of sp³-hybridized carbons (Fsp3) is 0.471. The highest BCUT2D eigenvalue weighted by atomic mass is 32.1. The number of carbonyl (C=O) groups excluding carboxylic acids is 1. The first kappa shape index (κ1) is 15.9. The lowest BCUT2D eigenvalue weighted by atomic mass is 9.97. The van der Waals surface area contributed by atoms with Gasteiger partial charge in [-0.1, -0.05) is 0 Å². The summed E-state index contributed by atoms with van der Waals surface area (Å²) in [4.78, 5) is 23.0. The number of amides is 1. The van der Waals surface area contributed by atoms with Crippen molar-refractivity contribution in [2.45, 2.75) is 26.7 Å². The maximum absolute atomic E-state index is 12.1. The summed E-state index contributed by atoms with van der Waals surface area (Å²) in [5, 5.41) is 5.77. The Bertz CT molecular complexity index is 685. The molecular formula is C17H22N4OS. The summed E-state index contributed by atoms with van der Waals surface area (Å²) in [6.45, 7) is 6.67. The predicted octanol–water partition coefficient (Wildman–Crippen LogP) is 2.80. The van der Waals surface area contributed by atoms with Crippen LogP contribution >= 0.6 is 11.3 Å². The zero-order chi connectivity index (χ0) is 16.2. The summed E-state index contributed by atoms with van der Waals surface area (Å²) < 4.78 is 0. The molecular weight excluding hydrogens is 308 g/mol. The monoisotopic (exact) mass is 330 g/mol. The predicted molar refractivity (Wildman–Crippen MR) is 93.1 cm³/mol. The van der Waals surface area contributed by atoms with Crippen molar-refractivity contribution in [2.75, 3.05) is 24.5 Å². The van der Waals surface area contributed by atoms with E-state index in [1.165, 1.54) is 17.0 Å². The molecule has 1 saturated heterocycles. The molecule has 0 spiro atoms. The quantitative estimate of drug-likeness (QED) is 0.936. The van der Waals surface area contributed by atoms with E-state index in [0.717, 1.165) is 36.6 Å². The van der Waals surface area contributed by atoms with Crippen molar-refractivity contribution in [3.05, 3.63) is 40.1 Å². The minimum absolute atomic E-state index is 0.0637. The third-order valence-corrected chi connectivity index (χ3v) is 4.94. The fourth-order valence-electron chi connectivity index (χ4n) is 2.99. The maximum Gasteiger partial charge on any atom is 0.270 e. The van der Waals surface area contributed by atoms with Crippen LogP contribution in [-0.4, -0.2) is 35.5 Å². The van der Waals surface area contributed by atoms with Crippen molar-refractivity contribution in [1.82, 2.24) is 15.3 Å². The molecule has 2 aromatic heterocycles. The first-order valence-corrected chi connectivity index (χ1v) is 8.88. The van der Waals surface area contributed by atoms with Crippen LogP contribution in [-0.2, 0) is 0 Å². The van der Waals surface area contributed by atoms with E-state index in [-0.39, 0.29) is 5.91 Å². The van der Waals surface area contributed by atoms with E-state index in [0.29, 0.717) is 18.2 Å². The van der Waals surface area contributed by atoms with Gasteiger partial charge in [0.05, 0.1) is 5.01 Å². The number of carbonyl (C=O) groups is 1. The Balaban J connectivity index is 1.55. The molecule has 3 rings (SSSR count). The molecule has 1 aliphatic rings. The van der Waals surface area contributed by atoms with Crippen LogP contribution in [0.4, 0.5) is 5.69 Å². The van der Waals surface area contributed by atoms with Crippen molar-refractivity contribution in [1.29, 1.82) is 0 Å². The van der Waals surface area contributed by atoms with E-state index in [9.17, 15) is 4.79 Å². The fourth-order valence-corrected chi connectivity index (χ4v) is 3.58. The first-order chi connectivity index (χ1) is 11.1. The van der Waals surface area contributed by atoms with E-state index in [2.05, 4.69) is 32.3 Å². The minimum atomic E-state index is -0.0637. The van der Waals surface area contributed by atoms with Gasteiger partial charge in [0.25, 0.3) is 5.91 Å². The van der Waals surface area contributed by atoms with E-state index in [1.807, 2.05) is 25.4 Å². The normalized spacial score (nSPS) is 18.0. The number of piperidine rings is 1. The molecule has 2 aromatic rings. The summed E-state index contributed by atoms with van der Waals surface area (Å²) in [6, 6.07) is 4.19. The number of aryl methyl sites for hydroxylation is 2. The average molecular weight is 330 g/mol. The van der Waals surface area contributed by atoms with Gasteiger partial charge < -0.3 is 10.2 Å². The third-order valence-electron chi connectivity index (χ3n) is 4.17. The summed E-state index contributed by atoms with van der Waals surface area (Å²) in [6.07, 6.45) is 4.16. The Morgan fingerprint density at radius 3 is 3.09 bits per heavy atom. The number of thiazole rings is 1. The third kappa shape index (κ3) is 4.07. The van der Waals surface area contributed by atoms with Gasteiger partial charge in [-0.05, 0) is 44.7 Å². The highest BCUT2D eigenvalue weighted by Crippen LogP contribution is 2.23. The van der Waals surface area contributed by atoms with Gasteiger partial charge in [0.2, 0.25) is 0 Å².